The summed E-state index contributed by atoms with van der Waals surface area (Å²) in [6, 6.07) is 5.51. The monoisotopic (exact) mass is 331 g/mol. The molecule has 4 nitrogen and oxygen atoms in total. The van der Waals surface area contributed by atoms with Crippen LogP contribution in [0.4, 0.5) is 5.00 Å². The molecule has 1 aliphatic rings. The van der Waals surface area contributed by atoms with E-state index in [9.17, 15) is 10.1 Å². The first-order chi connectivity index (χ1) is 10.6. The number of carbonyl (C=O) groups is 1. The predicted molar refractivity (Wildman–Crippen MR) is 87.4 cm³/mol. The van der Waals surface area contributed by atoms with Crippen LogP contribution in [-0.2, 0) is 12.8 Å². The summed E-state index contributed by atoms with van der Waals surface area (Å²) in [7, 11) is 0. The topological polar surface area (TPSA) is 65.8 Å². The standard InChI is InChI=1S/C16H14ClN3OS/c1-9-4-5-10-12(8-18)16(22-13(10)7-9)20-15(21)11-3-2-6-19-14(11)17/h2-3,6,9H,4-5,7H2,1H3,(H,20,21)/t9-/m0/s1. The minimum absolute atomic E-state index is 0.161. The molecule has 0 aliphatic heterocycles. The van der Waals surface area contributed by atoms with Crippen LogP contribution in [0.2, 0.25) is 5.15 Å². The van der Waals surface area contributed by atoms with Crippen molar-refractivity contribution in [1.29, 1.82) is 5.26 Å². The van der Waals surface area contributed by atoms with E-state index in [-0.39, 0.29) is 11.1 Å². The molecule has 1 N–H and O–H groups in total. The molecule has 3 rings (SSSR count). The lowest BCUT2D eigenvalue weighted by Crippen LogP contribution is -2.13. The van der Waals surface area contributed by atoms with Crippen molar-refractivity contribution in [3.63, 3.8) is 0 Å². The Bertz CT molecular complexity index is 778. The molecule has 6 heteroatoms. The summed E-state index contributed by atoms with van der Waals surface area (Å²) in [5.41, 5.74) is 2.01. The Balaban J connectivity index is 1.92. The fourth-order valence-electron chi connectivity index (χ4n) is 2.68. The van der Waals surface area contributed by atoms with Gasteiger partial charge in [0, 0.05) is 11.1 Å². The van der Waals surface area contributed by atoms with Gasteiger partial charge in [-0.15, -0.1) is 11.3 Å². The van der Waals surface area contributed by atoms with Crippen LogP contribution in [-0.4, -0.2) is 10.9 Å². The van der Waals surface area contributed by atoms with Crippen LogP contribution in [0.1, 0.15) is 39.7 Å². The Morgan fingerprint density at radius 3 is 3.14 bits per heavy atom. The molecule has 22 heavy (non-hydrogen) atoms. The molecule has 0 radical (unpaired) electrons. The maximum atomic E-state index is 12.3. The molecule has 0 fully saturated rings. The van der Waals surface area contributed by atoms with E-state index in [0.717, 1.165) is 24.8 Å². The van der Waals surface area contributed by atoms with Crippen LogP contribution in [0.15, 0.2) is 18.3 Å². The molecule has 0 saturated carbocycles. The van der Waals surface area contributed by atoms with E-state index in [1.165, 1.54) is 22.4 Å². The van der Waals surface area contributed by atoms with E-state index < -0.39 is 0 Å². The van der Waals surface area contributed by atoms with Crippen molar-refractivity contribution in [2.75, 3.05) is 5.32 Å². The average Bonchev–Trinajstić information content (AvgIpc) is 2.83. The first kappa shape index (κ1) is 15.0. The quantitative estimate of drug-likeness (QED) is 0.844. The smallest absolute Gasteiger partial charge is 0.259 e. The number of nitrogens with one attached hydrogen (secondary N) is 1. The highest BCUT2D eigenvalue weighted by molar-refractivity contribution is 7.16. The van der Waals surface area contributed by atoms with E-state index in [4.69, 9.17) is 11.6 Å². The molecule has 0 bridgehead atoms. The SMILES string of the molecule is C[C@H]1CCc2c(sc(NC(=O)c3cccnc3Cl)c2C#N)C1. The van der Waals surface area contributed by atoms with Gasteiger partial charge >= 0.3 is 0 Å². The number of fused-ring (bicyclic) bond motifs is 1. The molecule has 2 aromatic rings. The van der Waals surface area contributed by atoms with Crippen LogP contribution in [0.5, 0.6) is 0 Å². The Hall–Kier alpha value is -1.90. The van der Waals surface area contributed by atoms with E-state index in [1.807, 2.05) is 0 Å². The summed E-state index contributed by atoms with van der Waals surface area (Å²) in [6.07, 6.45) is 4.49. The lowest BCUT2D eigenvalue weighted by molar-refractivity contribution is 0.102. The molecule has 112 valence electrons. The van der Waals surface area contributed by atoms with Gasteiger partial charge in [0.1, 0.15) is 16.2 Å². The van der Waals surface area contributed by atoms with Gasteiger partial charge in [-0.1, -0.05) is 18.5 Å². The first-order valence-corrected chi connectivity index (χ1v) is 8.26. The number of anilines is 1. The summed E-state index contributed by atoms with van der Waals surface area (Å²) >= 11 is 7.45. The van der Waals surface area contributed by atoms with Gasteiger partial charge in [0.2, 0.25) is 0 Å². The number of nitriles is 1. The lowest BCUT2D eigenvalue weighted by Gasteiger charge is -2.17. The fourth-order valence-corrected chi connectivity index (χ4v) is 4.24. The second-order valence-electron chi connectivity index (χ2n) is 5.46. The highest BCUT2D eigenvalue weighted by atomic mass is 35.5. The summed E-state index contributed by atoms with van der Waals surface area (Å²) in [5.74, 6) is 0.287. The largest absolute Gasteiger partial charge is 0.312 e. The number of pyridine rings is 1. The summed E-state index contributed by atoms with van der Waals surface area (Å²) in [5, 5.41) is 13.0. The minimum atomic E-state index is -0.332. The number of amides is 1. The maximum absolute atomic E-state index is 12.3. The van der Waals surface area contributed by atoms with E-state index in [2.05, 4.69) is 23.3 Å². The third kappa shape index (κ3) is 2.72. The van der Waals surface area contributed by atoms with Crippen molar-refractivity contribution in [2.24, 2.45) is 5.92 Å². The van der Waals surface area contributed by atoms with Crippen molar-refractivity contribution in [3.8, 4) is 6.07 Å². The summed E-state index contributed by atoms with van der Waals surface area (Å²) in [4.78, 5) is 17.5. The number of aromatic nitrogens is 1. The van der Waals surface area contributed by atoms with E-state index in [1.54, 1.807) is 12.1 Å². The number of carbonyl (C=O) groups excluding carboxylic acids is 1. The van der Waals surface area contributed by atoms with Crippen LogP contribution >= 0.6 is 22.9 Å². The van der Waals surface area contributed by atoms with Gasteiger partial charge in [-0.2, -0.15) is 5.26 Å². The molecule has 1 amide bonds. The third-order valence-corrected chi connectivity index (χ3v) is 5.33. The van der Waals surface area contributed by atoms with Crippen molar-refractivity contribution in [3.05, 3.63) is 45.1 Å². The van der Waals surface area contributed by atoms with Crippen molar-refractivity contribution in [1.82, 2.24) is 4.98 Å². The van der Waals surface area contributed by atoms with Crippen LogP contribution < -0.4 is 5.32 Å². The van der Waals surface area contributed by atoms with E-state index in [0.29, 0.717) is 22.0 Å². The van der Waals surface area contributed by atoms with Gasteiger partial charge in [-0.25, -0.2) is 4.98 Å². The zero-order chi connectivity index (χ0) is 15.7. The molecule has 2 aromatic heterocycles. The average molecular weight is 332 g/mol. The summed E-state index contributed by atoms with van der Waals surface area (Å²) < 4.78 is 0. The number of nitrogens with zero attached hydrogens (tertiary/aromatic N) is 2. The van der Waals surface area contributed by atoms with Crippen molar-refractivity contribution >= 4 is 33.8 Å². The summed E-state index contributed by atoms with van der Waals surface area (Å²) in [6.45, 7) is 2.21. The van der Waals surface area contributed by atoms with Gasteiger partial charge in [0.15, 0.2) is 0 Å². The Morgan fingerprint density at radius 2 is 2.41 bits per heavy atom. The number of thiophene rings is 1. The van der Waals surface area contributed by atoms with Gasteiger partial charge in [-0.3, -0.25) is 4.79 Å². The molecule has 0 aromatic carbocycles. The third-order valence-electron chi connectivity index (χ3n) is 3.85. The van der Waals surface area contributed by atoms with Crippen LogP contribution in [0.25, 0.3) is 0 Å². The van der Waals surface area contributed by atoms with Gasteiger partial charge in [0.25, 0.3) is 5.91 Å². The zero-order valence-electron chi connectivity index (χ0n) is 12.0. The number of hydrogen-bond acceptors (Lipinski definition) is 4. The van der Waals surface area contributed by atoms with Crippen LogP contribution in [0.3, 0.4) is 0 Å². The number of rotatable bonds is 2. The molecule has 0 saturated heterocycles. The molecular weight excluding hydrogens is 318 g/mol. The highest BCUT2D eigenvalue weighted by Crippen LogP contribution is 2.39. The molecule has 1 atom stereocenters. The van der Waals surface area contributed by atoms with Gasteiger partial charge in [-0.05, 0) is 42.9 Å². The molecular formula is C16H14ClN3OS. The second kappa shape index (κ2) is 6.07. The Morgan fingerprint density at radius 1 is 1.59 bits per heavy atom. The molecule has 1 aliphatic carbocycles. The lowest BCUT2D eigenvalue weighted by atomic mass is 9.88. The number of hydrogen-bond donors (Lipinski definition) is 1. The zero-order valence-corrected chi connectivity index (χ0v) is 13.6. The predicted octanol–water partition coefficient (Wildman–Crippen LogP) is 4.05. The first-order valence-electron chi connectivity index (χ1n) is 7.06. The number of halogens is 1. The molecule has 0 spiro atoms. The fraction of sp³-hybridized carbons (Fsp3) is 0.312. The minimum Gasteiger partial charge on any atom is -0.312 e. The Kier molecular flexibility index (Phi) is 4.14. The van der Waals surface area contributed by atoms with Crippen LogP contribution in [0, 0.1) is 17.2 Å². The molecule has 2 heterocycles. The van der Waals surface area contributed by atoms with Crippen molar-refractivity contribution in [2.45, 2.75) is 26.2 Å². The normalized spacial score (nSPS) is 16.7. The van der Waals surface area contributed by atoms with E-state index >= 15 is 0 Å². The Labute approximate surface area is 137 Å². The highest BCUT2D eigenvalue weighted by Gasteiger charge is 2.25. The second-order valence-corrected chi connectivity index (χ2v) is 6.93. The van der Waals surface area contributed by atoms with Gasteiger partial charge in [0.05, 0.1) is 11.1 Å². The van der Waals surface area contributed by atoms with Crippen molar-refractivity contribution < 1.29 is 4.79 Å². The maximum Gasteiger partial charge on any atom is 0.259 e. The van der Waals surface area contributed by atoms with Gasteiger partial charge < -0.3 is 5.32 Å². The molecule has 0 unspecified atom stereocenters.